The van der Waals surface area contributed by atoms with Crippen molar-refractivity contribution in [3.8, 4) is 17.2 Å². The summed E-state index contributed by atoms with van der Waals surface area (Å²) < 4.78 is 29.5. The number of anilines is 1. The highest BCUT2D eigenvalue weighted by Crippen LogP contribution is 2.36. The monoisotopic (exact) mass is 460 g/mol. The van der Waals surface area contributed by atoms with Crippen molar-refractivity contribution in [1.82, 2.24) is 5.32 Å². The SMILES string of the molecule is O=C1NC(=O)N(c2ccc3c(c2)OCO3)C(=O)/C1=C/c1ccc(OCc2cccc(F)c2)cc1. The molecule has 0 aliphatic carbocycles. The lowest BCUT2D eigenvalue weighted by atomic mass is 10.1. The van der Waals surface area contributed by atoms with Crippen LogP contribution in [0.4, 0.5) is 14.9 Å². The molecule has 2 aliphatic heterocycles. The zero-order valence-electron chi connectivity index (χ0n) is 17.6. The summed E-state index contributed by atoms with van der Waals surface area (Å²) >= 11 is 0. The second-order valence-corrected chi connectivity index (χ2v) is 7.48. The number of urea groups is 1. The molecule has 1 N–H and O–H groups in total. The summed E-state index contributed by atoms with van der Waals surface area (Å²) in [6, 6.07) is 16.5. The lowest BCUT2D eigenvalue weighted by Gasteiger charge is -2.26. The second kappa shape index (κ2) is 8.70. The van der Waals surface area contributed by atoms with E-state index in [1.807, 2.05) is 0 Å². The van der Waals surface area contributed by atoms with Crippen LogP contribution in [0.5, 0.6) is 17.2 Å². The van der Waals surface area contributed by atoms with Crippen molar-refractivity contribution in [1.29, 1.82) is 0 Å². The number of fused-ring (bicyclic) bond motifs is 1. The number of ether oxygens (including phenoxy) is 3. The van der Waals surface area contributed by atoms with Gasteiger partial charge in [-0.15, -0.1) is 0 Å². The van der Waals surface area contributed by atoms with Gasteiger partial charge in [-0.25, -0.2) is 14.1 Å². The molecule has 0 bridgehead atoms. The number of nitrogens with one attached hydrogen (secondary N) is 1. The zero-order valence-corrected chi connectivity index (χ0v) is 17.6. The predicted octanol–water partition coefficient (Wildman–Crippen LogP) is 3.80. The maximum Gasteiger partial charge on any atom is 0.335 e. The minimum Gasteiger partial charge on any atom is -0.489 e. The number of imide groups is 2. The third kappa shape index (κ3) is 4.18. The van der Waals surface area contributed by atoms with E-state index < -0.39 is 17.8 Å². The molecule has 8 nitrogen and oxygen atoms in total. The molecule has 0 unspecified atom stereocenters. The van der Waals surface area contributed by atoms with E-state index in [1.54, 1.807) is 42.5 Å². The number of hydrogen-bond acceptors (Lipinski definition) is 6. The van der Waals surface area contributed by atoms with E-state index in [1.165, 1.54) is 30.3 Å². The summed E-state index contributed by atoms with van der Waals surface area (Å²) in [5.74, 6) is -0.471. The zero-order chi connectivity index (χ0) is 23.7. The van der Waals surface area contributed by atoms with Gasteiger partial charge in [-0.3, -0.25) is 14.9 Å². The van der Waals surface area contributed by atoms with Crippen LogP contribution < -0.4 is 24.4 Å². The smallest absolute Gasteiger partial charge is 0.335 e. The minimum atomic E-state index is -0.855. The number of carbonyl (C=O) groups is 3. The standard InChI is InChI=1S/C25H17FN2O6/c26-17-3-1-2-16(10-17)13-32-19-7-4-15(5-8-19)11-20-23(29)27-25(31)28(24(20)30)18-6-9-21-22(12-18)34-14-33-21/h1-12H,13-14H2,(H,27,29,31)/b20-11+. The average molecular weight is 460 g/mol. The molecular weight excluding hydrogens is 443 g/mol. The summed E-state index contributed by atoms with van der Waals surface area (Å²) in [5.41, 5.74) is 1.28. The Kier molecular flexibility index (Phi) is 5.43. The predicted molar refractivity (Wildman–Crippen MR) is 119 cm³/mol. The fourth-order valence-electron chi connectivity index (χ4n) is 3.54. The first kappa shape index (κ1) is 21.2. The first-order valence-corrected chi connectivity index (χ1v) is 10.3. The Morgan fingerprint density at radius 1 is 0.971 bits per heavy atom. The first-order chi connectivity index (χ1) is 16.5. The van der Waals surface area contributed by atoms with Crippen molar-refractivity contribution in [3.05, 3.63) is 89.2 Å². The number of amides is 4. The largest absolute Gasteiger partial charge is 0.489 e. The minimum absolute atomic E-state index is 0.0461. The summed E-state index contributed by atoms with van der Waals surface area (Å²) in [7, 11) is 0. The molecule has 0 saturated carbocycles. The maximum atomic E-state index is 13.3. The molecule has 34 heavy (non-hydrogen) atoms. The van der Waals surface area contributed by atoms with Gasteiger partial charge < -0.3 is 14.2 Å². The Bertz CT molecular complexity index is 1340. The van der Waals surface area contributed by atoms with Gasteiger partial charge in [0.1, 0.15) is 23.7 Å². The number of nitrogens with zero attached hydrogens (tertiary/aromatic N) is 1. The van der Waals surface area contributed by atoms with Crippen LogP contribution in [0.2, 0.25) is 0 Å². The van der Waals surface area contributed by atoms with Gasteiger partial charge in [0, 0.05) is 6.07 Å². The topological polar surface area (TPSA) is 94.2 Å². The fourth-order valence-corrected chi connectivity index (χ4v) is 3.54. The molecule has 0 aromatic heterocycles. The molecule has 1 saturated heterocycles. The van der Waals surface area contributed by atoms with Crippen molar-refractivity contribution in [2.45, 2.75) is 6.61 Å². The molecule has 0 atom stereocenters. The van der Waals surface area contributed by atoms with E-state index in [2.05, 4.69) is 5.32 Å². The van der Waals surface area contributed by atoms with Crippen LogP contribution in [0.1, 0.15) is 11.1 Å². The fraction of sp³-hybridized carbons (Fsp3) is 0.0800. The Hall–Kier alpha value is -4.66. The second-order valence-electron chi connectivity index (χ2n) is 7.48. The van der Waals surface area contributed by atoms with Crippen LogP contribution in [0, 0.1) is 5.82 Å². The van der Waals surface area contributed by atoms with Crippen LogP contribution in [-0.4, -0.2) is 24.6 Å². The van der Waals surface area contributed by atoms with Crippen LogP contribution in [0.25, 0.3) is 6.08 Å². The molecule has 5 rings (SSSR count). The number of halogens is 1. The molecule has 170 valence electrons. The highest BCUT2D eigenvalue weighted by Gasteiger charge is 2.37. The van der Waals surface area contributed by atoms with Crippen LogP contribution >= 0.6 is 0 Å². The van der Waals surface area contributed by atoms with E-state index >= 15 is 0 Å². The third-order valence-corrected chi connectivity index (χ3v) is 5.20. The molecule has 4 amide bonds. The highest BCUT2D eigenvalue weighted by molar-refractivity contribution is 6.39. The Balaban J connectivity index is 1.34. The molecule has 0 spiro atoms. The number of benzene rings is 3. The van der Waals surface area contributed by atoms with E-state index in [-0.39, 0.29) is 30.5 Å². The molecule has 9 heteroatoms. The van der Waals surface area contributed by atoms with E-state index in [0.717, 1.165) is 4.90 Å². The van der Waals surface area contributed by atoms with Gasteiger partial charge in [0.2, 0.25) is 6.79 Å². The molecule has 3 aromatic rings. The molecule has 2 aliphatic rings. The normalized spacial score (nSPS) is 16.1. The van der Waals surface area contributed by atoms with Crippen molar-refractivity contribution in [3.63, 3.8) is 0 Å². The molecule has 0 radical (unpaired) electrons. The molecular formula is C25H17FN2O6. The van der Waals surface area contributed by atoms with Gasteiger partial charge in [-0.2, -0.15) is 0 Å². The summed E-state index contributed by atoms with van der Waals surface area (Å²) in [6.07, 6.45) is 1.39. The maximum absolute atomic E-state index is 13.3. The van der Waals surface area contributed by atoms with Crippen molar-refractivity contribution in [2.75, 3.05) is 11.7 Å². The quantitative estimate of drug-likeness (QED) is 0.460. The highest BCUT2D eigenvalue weighted by atomic mass is 19.1. The summed E-state index contributed by atoms with van der Waals surface area (Å²) in [6.45, 7) is 0.232. The van der Waals surface area contributed by atoms with Gasteiger partial charge in [0.15, 0.2) is 11.5 Å². The Morgan fingerprint density at radius 3 is 2.56 bits per heavy atom. The average Bonchev–Trinajstić information content (AvgIpc) is 3.29. The van der Waals surface area contributed by atoms with Gasteiger partial charge in [0.25, 0.3) is 11.8 Å². The van der Waals surface area contributed by atoms with Crippen molar-refractivity contribution in [2.24, 2.45) is 0 Å². The van der Waals surface area contributed by atoms with E-state index in [4.69, 9.17) is 14.2 Å². The number of hydrogen-bond donors (Lipinski definition) is 1. The third-order valence-electron chi connectivity index (χ3n) is 5.20. The number of barbiturate groups is 1. The van der Waals surface area contributed by atoms with Gasteiger partial charge in [0.05, 0.1) is 5.69 Å². The van der Waals surface area contributed by atoms with E-state index in [9.17, 15) is 18.8 Å². The summed E-state index contributed by atoms with van der Waals surface area (Å²) in [4.78, 5) is 38.7. The molecule has 3 aromatic carbocycles. The van der Waals surface area contributed by atoms with Crippen molar-refractivity contribution < 1.29 is 33.0 Å². The van der Waals surface area contributed by atoms with Crippen LogP contribution in [0.15, 0.2) is 72.3 Å². The van der Waals surface area contributed by atoms with Gasteiger partial charge in [-0.05, 0) is 53.6 Å². The number of rotatable bonds is 5. The lowest BCUT2D eigenvalue weighted by Crippen LogP contribution is -2.54. The number of carbonyl (C=O) groups excluding carboxylic acids is 3. The van der Waals surface area contributed by atoms with E-state index in [0.29, 0.717) is 28.4 Å². The van der Waals surface area contributed by atoms with Crippen LogP contribution in [-0.2, 0) is 16.2 Å². The van der Waals surface area contributed by atoms with Gasteiger partial charge >= 0.3 is 6.03 Å². The lowest BCUT2D eigenvalue weighted by molar-refractivity contribution is -0.122. The molecule has 1 fully saturated rings. The van der Waals surface area contributed by atoms with Gasteiger partial charge in [-0.1, -0.05) is 24.3 Å². The Morgan fingerprint density at radius 2 is 1.76 bits per heavy atom. The summed E-state index contributed by atoms with van der Waals surface area (Å²) in [5, 5.41) is 2.18. The van der Waals surface area contributed by atoms with Crippen molar-refractivity contribution >= 4 is 29.6 Å². The first-order valence-electron chi connectivity index (χ1n) is 10.3. The van der Waals surface area contributed by atoms with Crippen LogP contribution in [0.3, 0.4) is 0 Å². The molecule has 2 heterocycles. The Labute approximate surface area is 193 Å².